The first kappa shape index (κ1) is 14.3. The van der Waals surface area contributed by atoms with Gasteiger partial charge in [0.1, 0.15) is 0 Å². The second kappa shape index (κ2) is 6.87. The van der Waals surface area contributed by atoms with E-state index >= 15 is 0 Å². The van der Waals surface area contributed by atoms with Gasteiger partial charge in [0.25, 0.3) is 0 Å². The number of carbonyl (C=O) groups excluding carboxylic acids is 1. The highest BCUT2D eigenvalue weighted by molar-refractivity contribution is 5.95. The lowest BCUT2D eigenvalue weighted by molar-refractivity contribution is -0.117. The molecule has 0 aromatic heterocycles. The lowest BCUT2D eigenvalue weighted by atomic mass is 9.95. The summed E-state index contributed by atoms with van der Waals surface area (Å²) in [5.41, 5.74) is 8.47. The van der Waals surface area contributed by atoms with Crippen molar-refractivity contribution in [3.63, 3.8) is 0 Å². The van der Waals surface area contributed by atoms with Gasteiger partial charge in [0.05, 0.1) is 5.92 Å². The summed E-state index contributed by atoms with van der Waals surface area (Å²) in [5, 5.41) is 2.96. The van der Waals surface area contributed by atoms with Crippen LogP contribution in [0.4, 0.5) is 5.69 Å². The molecule has 0 aliphatic carbocycles. The summed E-state index contributed by atoms with van der Waals surface area (Å²) in [7, 11) is 0. The third-order valence-corrected chi connectivity index (χ3v) is 3.38. The standard InChI is InChI=1S/C17H20N2O/c1-2-16(14-6-4-3-5-7-14)17(20)19-15-10-8-13(12-18)9-11-15/h3-11,16H,2,12,18H2,1H3,(H,19,20). The Hall–Kier alpha value is -2.13. The summed E-state index contributed by atoms with van der Waals surface area (Å²) in [5.74, 6) is -0.0930. The molecule has 3 heteroatoms. The van der Waals surface area contributed by atoms with Crippen molar-refractivity contribution in [3.05, 3.63) is 65.7 Å². The molecule has 2 aromatic rings. The summed E-state index contributed by atoms with van der Waals surface area (Å²) in [6, 6.07) is 17.5. The van der Waals surface area contributed by atoms with Gasteiger partial charge in [0, 0.05) is 12.2 Å². The van der Waals surface area contributed by atoms with Crippen LogP contribution in [-0.4, -0.2) is 5.91 Å². The van der Waals surface area contributed by atoms with Crippen LogP contribution in [0.5, 0.6) is 0 Å². The van der Waals surface area contributed by atoms with Crippen LogP contribution < -0.4 is 11.1 Å². The summed E-state index contributed by atoms with van der Waals surface area (Å²) >= 11 is 0. The van der Waals surface area contributed by atoms with Crippen LogP contribution in [0.25, 0.3) is 0 Å². The zero-order chi connectivity index (χ0) is 14.4. The van der Waals surface area contributed by atoms with Crippen LogP contribution in [0, 0.1) is 0 Å². The molecule has 2 aromatic carbocycles. The summed E-state index contributed by atoms with van der Waals surface area (Å²) < 4.78 is 0. The third kappa shape index (κ3) is 3.45. The van der Waals surface area contributed by atoms with E-state index < -0.39 is 0 Å². The highest BCUT2D eigenvalue weighted by atomic mass is 16.1. The molecule has 2 rings (SSSR count). The van der Waals surface area contributed by atoms with Gasteiger partial charge in [-0.1, -0.05) is 49.4 Å². The van der Waals surface area contributed by atoms with Crippen LogP contribution in [0.1, 0.15) is 30.4 Å². The minimum Gasteiger partial charge on any atom is -0.326 e. The quantitative estimate of drug-likeness (QED) is 0.874. The van der Waals surface area contributed by atoms with Gasteiger partial charge in [0.2, 0.25) is 5.91 Å². The maximum atomic E-state index is 12.4. The number of anilines is 1. The van der Waals surface area contributed by atoms with Crippen molar-refractivity contribution in [2.24, 2.45) is 5.73 Å². The van der Waals surface area contributed by atoms with E-state index in [4.69, 9.17) is 5.73 Å². The van der Waals surface area contributed by atoms with Crippen molar-refractivity contribution in [1.29, 1.82) is 0 Å². The van der Waals surface area contributed by atoms with Crippen LogP contribution in [0.2, 0.25) is 0 Å². The van der Waals surface area contributed by atoms with Crippen LogP contribution >= 0.6 is 0 Å². The average molecular weight is 268 g/mol. The second-order valence-electron chi connectivity index (χ2n) is 4.76. The summed E-state index contributed by atoms with van der Waals surface area (Å²) in [4.78, 5) is 12.4. The van der Waals surface area contributed by atoms with Crippen LogP contribution in [0.3, 0.4) is 0 Å². The zero-order valence-electron chi connectivity index (χ0n) is 11.7. The predicted octanol–water partition coefficient (Wildman–Crippen LogP) is 3.28. The van der Waals surface area contributed by atoms with E-state index in [-0.39, 0.29) is 11.8 Å². The first-order chi connectivity index (χ1) is 9.74. The summed E-state index contributed by atoms with van der Waals surface area (Å²) in [6.45, 7) is 2.53. The largest absolute Gasteiger partial charge is 0.326 e. The molecule has 0 saturated carbocycles. The topological polar surface area (TPSA) is 55.1 Å². The first-order valence-corrected chi connectivity index (χ1v) is 6.89. The van der Waals surface area contributed by atoms with E-state index in [2.05, 4.69) is 5.32 Å². The third-order valence-electron chi connectivity index (χ3n) is 3.38. The van der Waals surface area contributed by atoms with Gasteiger partial charge in [0.15, 0.2) is 0 Å². The number of hydrogen-bond donors (Lipinski definition) is 2. The van der Waals surface area contributed by atoms with Gasteiger partial charge in [-0.25, -0.2) is 0 Å². The Bertz CT molecular complexity index is 549. The van der Waals surface area contributed by atoms with Gasteiger partial charge in [-0.3, -0.25) is 4.79 Å². The SMILES string of the molecule is CCC(C(=O)Nc1ccc(CN)cc1)c1ccccc1. The van der Waals surface area contributed by atoms with E-state index in [9.17, 15) is 4.79 Å². The molecule has 0 spiro atoms. The Morgan fingerprint density at radius 2 is 1.75 bits per heavy atom. The average Bonchev–Trinajstić information content (AvgIpc) is 2.50. The predicted molar refractivity (Wildman–Crippen MR) is 82.4 cm³/mol. The number of rotatable bonds is 5. The highest BCUT2D eigenvalue weighted by Gasteiger charge is 2.18. The number of hydrogen-bond acceptors (Lipinski definition) is 2. The van der Waals surface area contributed by atoms with Gasteiger partial charge in [-0.05, 0) is 29.7 Å². The number of amides is 1. The molecule has 3 nitrogen and oxygen atoms in total. The second-order valence-corrected chi connectivity index (χ2v) is 4.76. The number of benzene rings is 2. The Kier molecular flexibility index (Phi) is 4.91. The molecule has 0 bridgehead atoms. The van der Waals surface area contributed by atoms with E-state index in [1.807, 2.05) is 61.5 Å². The van der Waals surface area contributed by atoms with Crippen molar-refractivity contribution in [3.8, 4) is 0 Å². The first-order valence-electron chi connectivity index (χ1n) is 6.89. The lowest BCUT2D eigenvalue weighted by Crippen LogP contribution is -2.20. The van der Waals surface area contributed by atoms with Crippen molar-refractivity contribution in [2.45, 2.75) is 25.8 Å². The Morgan fingerprint density at radius 1 is 1.10 bits per heavy atom. The molecular formula is C17H20N2O. The Balaban J connectivity index is 2.09. The van der Waals surface area contributed by atoms with Gasteiger partial charge >= 0.3 is 0 Å². The van der Waals surface area contributed by atoms with E-state index in [0.29, 0.717) is 6.54 Å². The molecule has 1 amide bonds. The van der Waals surface area contributed by atoms with E-state index in [1.54, 1.807) is 0 Å². The fourth-order valence-electron chi connectivity index (χ4n) is 2.21. The maximum Gasteiger partial charge on any atom is 0.231 e. The Morgan fingerprint density at radius 3 is 2.30 bits per heavy atom. The van der Waals surface area contributed by atoms with Gasteiger partial charge < -0.3 is 11.1 Å². The molecule has 0 fully saturated rings. The van der Waals surface area contributed by atoms with Crippen LogP contribution in [-0.2, 0) is 11.3 Å². The minimum atomic E-state index is -0.120. The monoisotopic (exact) mass is 268 g/mol. The fraction of sp³-hybridized carbons (Fsp3) is 0.235. The van der Waals surface area contributed by atoms with Crippen molar-refractivity contribution >= 4 is 11.6 Å². The molecule has 0 heterocycles. The van der Waals surface area contributed by atoms with Crippen molar-refractivity contribution in [1.82, 2.24) is 0 Å². The van der Waals surface area contributed by atoms with Gasteiger partial charge in [-0.15, -0.1) is 0 Å². The fourth-order valence-corrected chi connectivity index (χ4v) is 2.21. The van der Waals surface area contributed by atoms with E-state index in [0.717, 1.165) is 23.2 Å². The zero-order valence-corrected chi connectivity index (χ0v) is 11.7. The van der Waals surface area contributed by atoms with Crippen molar-refractivity contribution in [2.75, 3.05) is 5.32 Å². The molecule has 0 radical (unpaired) electrons. The molecule has 1 unspecified atom stereocenters. The molecule has 1 atom stereocenters. The lowest BCUT2D eigenvalue weighted by Gasteiger charge is -2.15. The number of carbonyl (C=O) groups is 1. The minimum absolute atomic E-state index is 0.0270. The van der Waals surface area contributed by atoms with E-state index in [1.165, 1.54) is 0 Å². The molecule has 0 saturated heterocycles. The molecular weight excluding hydrogens is 248 g/mol. The highest BCUT2D eigenvalue weighted by Crippen LogP contribution is 2.21. The number of nitrogens with one attached hydrogen (secondary N) is 1. The summed E-state index contributed by atoms with van der Waals surface area (Å²) in [6.07, 6.45) is 0.775. The molecule has 104 valence electrons. The Labute approximate surface area is 119 Å². The molecule has 20 heavy (non-hydrogen) atoms. The molecule has 3 N–H and O–H groups in total. The molecule has 0 aliphatic rings. The van der Waals surface area contributed by atoms with Gasteiger partial charge in [-0.2, -0.15) is 0 Å². The van der Waals surface area contributed by atoms with Crippen LogP contribution in [0.15, 0.2) is 54.6 Å². The van der Waals surface area contributed by atoms with Crippen molar-refractivity contribution < 1.29 is 4.79 Å². The normalized spacial score (nSPS) is 11.9. The molecule has 0 aliphatic heterocycles. The number of nitrogens with two attached hydrogens (primary N) is 1. The maximum absolute atomic E-state index is 12.4. The smallest absolute Gasteiger partial charge is 0.231 e.